The first kappa shape index (κ1) is 44.2. The summed E-state index contributed by atoms with van der Waals surface area (Å²) in [5.41, 5.74) is 26.5. The number of anilines is 3. The smallest absolute Gasteiger partial charge is 0.0726 e. The summed E-state index contributed by atoms with van der Waals surface area (Å²) < 4.78 is 2.46. The lowest BCUT2D eigenvalue weighted by Crippen LogP contribution is -2.27. The fraction of sp³-hybridized carbons (Fsp3) is 0.0986. The van der Waals surface area contributed by atoms with E-state index in [4.69, 9.17) is 0 Å². The van der Waals surface area contributed by atoms with Crippen LogP contribution in [0.5, 0.6) is 0 Å². The number of allylic oxidation sites excluding steroid dienone is 9. The van der Waals surface area contributed by atoms with Gasteiger partial charge in [-0.05, 0) is 171 Å². The lowest BCUT2D eigenvalue weighted by Gasteiger charge is -2.32. The Kier molecular flexibility index (Phi) is 10.3. The van der Waals surface area contributed by atoms with Crippen molar-refractivity contribution in [1.29, 1.82) is 0 Å². The third-order valence-electron chi connectivity index (χ3n) is 16.2. The van der Waals surface area contributed by atoms with Gasteiger partial charge in [-0.2, -0.15) is 0 Å². The summed E-state index contributed by atoms with van der Waals surface area (Å²) in [5, 5.41) is 2.51. The van der Waals surface area contributed by atoms with Crippen molar-refractivity contribution in [3.63, 3.8) is 0 Å². The van der Waals surface area contributed by atoms with Crippen LogP contribution in [-0.2, 0) is 10.8 Å². The molecule has 0 fully saturated rings. The second-order valence-corrected chi connectivity index (χ2v) is 20.2. The second-order valence-electron chi connectivity index (χ2n) is 20.2. The minimum atomic E-state index is -0.511. The Morgan fingerprint density at radius 2 is 1.12 bits per heavy atom. The van der Waals surface area contributed by atoms with Gasteiger partial charge in [0.05, 0.1) is 22.1 Å². The Morgan fingerprint density at radius 3 is 1.82 bits per heavy atom. The van der Waals surface area contributed by atoms with E-state index in [-0.39, 0.29) is 5.41 Å². The molecule has 3 aliphatic carbocycles. The Morgan fingerprint density at radius 1 is 0.507 bits per heavy atom. The molecule has 2 nitrogen and oxygen atoms in total. The first-order valence-corrected chi connectivity index (χ1v) is 25.7. The Hall–Kier alpha value is -8.72. The van der Waals surface area contributed by atoms with Gasteiger partial charge in [0.25, 0.3) is 0 Å². The van der Waals surface area contributed by atoms with Crippen LogP contribution in [0.1, 0.15) is 73.6 Å². The van der Waals surface area contributed by atoms with Crippen LogP contribution in [0.2, 0.25) is 0 Å². The van der Waals surface area contributed by atoms with Crippen LogP contribution in [0.4, 0.5) is 17.1 Å². The molecular formula is C71H56N2. The van der Waals surface area contributed by atoms with Crippen molar-refractivity contribution in [2.24, 2.45) is 0 Å². The van der Waals surface area contributed by atoms with E-state index in [1.165, 1.54) is 111 Å². The van der Waals surface area contributed by atoms with Crippen molar-refractivity contribution < 1.29 is 0 Å². The summed E-state index contributed by atoms with van der Waals surface area (Å²) >= 11 is 0. The lowest BCUT2D eigenvalue weighted by molar-refractivity contribution is 0.661. The van der Waals surface area contributed by atoms with Crippen LogP contribution < -0.4 is 4.90 Å². The number of hydrogen-bond acceptors (Lipinski definition) is 1. The monoisotopic (exact) mass is 936 g/mol. The average Bonchev–Trinajstić information content (AvgIpc) is 4.10. The molecule has 10 aromatic rings. The van der Waals surface area contributed by atoms with Gasteiger partial charge in [0.2, 0.25) is 0 Å². The molecule has 0 bridgehead atoms. The highest BCUT2D eigenvalue weighted by molar-refractivity contribution is 6.13. The van der Waals surface area contributed by atoms with Crippen molar-refractivity contribution in [3.8, 4) is 39.1 Å². The van der Waals surface area contributed by atoms with E-state index in [0.29, 0.717) is 0 Å². The molecule has 0 amide bonds. The highest BCUT2D eigenvalue weighted by Crippen LogP contribution is 2.64. The maximum absolute atomic E-state index is 4.39. The van der Waals surface area contributed by atoms with Crippen molar-refractivity contribution in [2.75, 3.05) is 4.90 Å². The highest BCUT2D eigenvalue weighted by Gasteiger charge is 2.52. The van der Waals surface area contributed by atoms with Crippen LogP contribution in [0.3, 0.4) is 0 Å². The standard InChI is InChI=1S/C71H56N2/c1-7-21-46(9-3)47-33-38-51(39-34-47)72(67-32-20-31-64-69(67)56-27-16-19-30-63(56)71(64)61(22-8-2)53(10-4)54-25-15-18-29-62(54)71)52-40-35-48(36-41-52)49-37-42-66-58(43-49)59-44-57-55-26-14-17-28-60(55)70(5,6)65(57)45-68(59)73(66)50-23-12-11-13-24-50/h7-45H,4H2,1-3,5-6H3/b21-7-,22-8-,46-9+. The largest absolute Gasteiger partial charge is 0.310 e. The average molecular weight is 937 g/mol. The summed E-state index contributed by atoms with van der Waals surface area (Å²) in [6.45, 7) is 15.4. The van der Waals surface area contributed by atoms with Gasteiger partial charge in [-0.15, -0.1) is 0 Å². The molecule has 1 atom stereocenters. The van der Waals surface area contributed by atoms with Crippen molar-refractivity contribution >= 4 is 50.0 Å². The Balaban J connectivity index is 0.992. The van der Waals surface area contributed by atoms with Crippen molar-refractivity contribution in [2.45, 2.75) is 45.4 Å². The maximum Gasteiger partial charge on any atom is 0.0726 e. The van der Waals surface area contributed by atoms with Crippen molar-refractivity contribution in [1.82, 2.24) is 4.57 Å². The van der Waals surface area contributed by atoms with Crippen LogP contribution in [-0.4, -0.2) is 4.57 Å². The molecule has 0 saturated heterocycles. The Bertz CT molecular complexity index is 4020. The number of hydrogen-bond donors (Lipinski definition) is 0. The molecule has 13 rings (SSSR count). The third-order valence-corrected chi connectivity index (χ3v) is 16.2. The summed E-state index contributed by atoms with van der Waals surface area (Å²) in [5.74, 6) is 0. The number of rotatable bonds is 9. The van der Waals surface area contributed by atoms with Crippen LogP contribution in [0, 0.1) is 0 Å². The zero-order chi connectivity index (χ0) is 49.6. The van der Waals surface area contributed by atoms with Gasteiger partial charge in [0.1, 0.15) is 0 Å². The zero-order valence-corrected chi connectivity index (χ0v) is 42.1. The van der Waals surface area contributed by atoms with E-state index in [9.17, 15) is 0 Å². The quantitative estimate of drug-likeness (QED) is 0.131. The minimum Gasteiger partial charge on any atom is -0.310 e. The molecule has 9 aromatic carbocycles. The number of fused-ring (bicyclic) bond motifs is 13. The normalized spacial score (nSPS) is 16.2. The number of para-hydroxylation sites is 1. The zero-order valence-electron chi connectivity index (χ0n) is 42.1. The molecule has 2 heteroatoms. The van der Waals surface area contributed by atoms with Gasteiger partial charge < -0.3 is 9.47 Å². The van der Waals surface area contributed by atoms with Gasteiger partial charge >= 0.3 is 0 Å². The molecule has 3 aliphatic rings. The molecule has 0 N–H and O–H groups in total. The molecule has 1 heterocycles. The number of benzene rings is 9. The van der Waals surface area contributed by atoms with Gasteiger partial charge in [0, 0.05) is 38.8 Å². The molecule has 1 unspecified atom stereocenters. The van der Waals surface area contributed by atoms with E-state index in [2.05, 4.69) is 287 Å². The number of aromatic nitrogens is 1. The van der Waals surface area contributed by atoms with E-state index in [0.717, 1.165) is 22.7 Å². The summed E-state index contributed by atoms with van der Waals surface area (Å²) in [6.07, 6.45) is 13.0. The second kappa shape index (κ2) is 17.0. The summed E-state index contributed by atoms with van der Waals surface area (Å²) in [4.78, 5) is 2.47. The van der Waals surface area contributed by atoms with E-state index in [1.54, 1.807) is 0 Å². The molecular weight excluding hydrogens is 881 g/mol. The Labute approximate surface area is 429 Å². The topological polar surface area (TPSA) is 8.17 Å². The van der Waals surface area contributed by atoms with Gasteiger partial charge in [0.15, 0.2) is 0 Å². The van der Waals surface area contributed by atoms with E-state index >= 15 is 0 Å². The first-order valence-electron chi connectivity index (χ1n) is 25.7. The molecule has 0 saturated carbocycles. The van der Waals surface area contributed by atoms with Crippen LogP contribution >= 0.6 is 0 Å². The van der Waals surface area contributed by atoms with Crippen molar-refractivity contribution in [3.05, 3.63) is 288 Å². The summed E-state index contributed by atoms with van der Waals surface area (Å²) in [7, 11) is 0. The molecule has 0 radical (unpaired) electrons. The van der Waals surface area contributed by atoms with Gasteiger partial charge in [-0.25, -0.2) is 0 Å². The summed E-state index contributed by atoms with van der Waals surface area (Å²) in [6, 6.07) is 75.1. The molecule has 1 spiro atoms. The van der Waals surface area contributed by atoms with Gasteiger partial charge in [-0.3, -0.25) is 0 Å². The maximum atomic E-state index is 4.39. The predicted octanol–water partition coefficient (Wildman–Crippen LogP) is 19.1. The van der Waals surface area contributed by atoms with E-state index < -0.39 is 5.41 Å². The first-order chi connectivity index (χ1) is 35.8. The predicted molar refractivity (Wildman–Crippen MR) is 311 cm³/mol. The molecule has 350 valence electrons. The highest BCUT2D eigenvalue weighted by atomic mass is 15.1. The number of nitrogens with zero attached hydrogens (tertiary/aromatic N) is 2. The third kappa shape index (κ3) is 6.36. The molecule has 1 aromatic heterocycles. The molecule has 0 aliphatic heterocycles. The van der Waals surface area contributed by atoms with Crippen LogP contribution in [0.25, 0.3) is 72.0 Å². The lowest BCUT2D eigenvalue weighted by atomic mass is 9.69. The fourth-order valence-electron chi connectivity index (χ4n) is 13.0. The SMILES string of the molecule is C=CC1=C(/C=C\C)C2(c3ccccc31)c1ccccc1-c1c(N(c3ccc(C(/C=C\C)=C/C)cc3)c3ccc(-c4ccc5c(c4)c4cc6c(cc4n5-c4ccccc4)C(C)(C)c4ccccc4-6)cc3)cccc12. The minimum absolute atomic E-state index is 0.100. The van der Waals surface area contributed by atoms with E-state index in [1.807, 2.05) is 0 Å². The van der Waals surface area contributed by atoms with Crippen LogP contribution in [0.15, 0.2) is 249 Å². The van der Waals surface area contributed by atoms with Gasteiger partial charge in [-0.1, -0.05) is 190 Å². The fourth-order valence-corrected chi connectivity index (χ4v) is 13.0. The molecule has 73 heavy (non-hydrogen) atoms.